The highest BCUT2D eigenvalue weighted by Gasteiger charge is 2.21. The van der Waals surface area contributed by atoms with Crippen molar-refractivity contribution in [3.8, 4) is 11.5 Å². The second-order valence-corrected chi connectivity index (χ2v) is 5.63. The maximum Gasteiger partial charge on any atom is 0.217 e. The smallest absolute Gasteiger partial charge is 0.217 e. The van der Waals surface area contributed by atoms with Crippen LogP contribution < -0.4 is 10.1 Å². The lowest BCUT2D eigenvalue weighted by Crippen LogP contribution is -2.27. The number of phenolic OH excluding ortho intramolecular Hbond substituents is 1. The molecule has 0 aliphatic heterocycles. The average Bonchev–Trinajstić information content (AvgIpc) is 2.60. The molecule has 0 heterocycles. The van der Waals surface area contributed by atoms with Crippen LogP contribution in [-0.4, -0.2) is 18.1 Å². The Balaban J connectivity index is 2.19. The highest BCUT2D eigenvalue weighted by Crippen LogP contribution is 2.36. The summed E-state index contributed by atoms with van der Waals surface area (Å²) in [7, 11) is 1.61. The molecule has 3 rings (SSSR count). The molecule has 122 valence electrons. The summed E-state index contributed by atoms with van der Waals surface area (Å²) in [6.07, 6.45) is 0. The first-order valence-electron chi connectivity index (χ1n) is 7.72. The molecule has 0 saturated heterocycles. The number of rotatable bonds is 4. The summed E-state index contributed by atoms with van der Waals surface area (Å²) < 4.78 is 5.19. The first kappa shape index (κ1) is 15.9. The number of fused-ring (bicyclic) bond motifs is 1. The van der Waals surface area contributed by atoms with E-state index in [0.29, 0.717) is 5.56 Å². The van der Waals surface area contributed by atoms with Crippen LogP contribution in [0.15, 0.2) is 60.7 Å². The zero-order valence-electron chi connectivity index (χ0n) is 13.6. The second kappa shape index (κ2) is 6.62. The van der Waals surface area contributed by atoms with Gasteiger partial charge < -0.3 is 15.2 Å². The van der Waals surface area contributed by atoms with Crippen LogP contribution in [0.4, 0.5) is 0 Å². The lowest BCUT2D eigenvalue weighted by Gasteiger charge is -2.22. The predicted octanol–water partition coefficient (Wildman–Crippen LogP) is 3.78. The number of carbonyl (C=O) groups is 1. The minimum atomic E-state index is -0.445. The molecule has 1 amide bonds. The Labute approximate surface area is 140 Å². The zero-order chi connectivity index (χ0) is 17.1. The van der Waals surface area contributed by atoms with Gasteiger partial charge in [-0.15, -0.1) is 0 Å². The molecular formula is C20H19NO3. The molecule has 0 unspecified atom stereocenters. The molecule has 0 bridgehead atoms. The van der Waals surface area contributed by atoms with E-state index in [2.05, 4.69) is 5.32 Å². The Morgan fingerprint density at radius 1 is 1.04 bits per heavy atom. The molecule has 1 atom stereocenters. The van der Waals surface area contributed by atoms with E-state index in [1.165, 1.54) is 6.92 Å². The van der Waals surface area contributed by atoms with E-state index in [0.717, 1.165) is 22.1 Å². The van der Waals surface area contributed by atoms with Gasteiger partial charge in [-0.25, -0.2) is 0 Å². The molecule has 0 aliphatic rings. The van der Waals surface area contributed by atoms with Crippen molar-refractivity contribution in [2.75, 3.05) is 7.11 Å². The van der Waals surface area contributed by atoms with Crippen LogP contribution in [0.25, 0.3) is 10.8 Å². The van der Waals surface area contributed by atoms with Crippen LogP contribution in [-0.2, 0) is 4.79 Å². The van der Waals surface area contributed by atoms with E-state index in [9.17, 15) is 9.90 Å². The number of benzene rings is 3. The van der Waals surface area contributed by atoms with Crippen LogP contribution in [0.5, 0.6) is 11.5 Å². The Morgan fingerprint density at radius 3 is 2.42 bits per heavy atom. The van der Waals surface area contributed by atoms with Crippen molar-refractivity contribution in [1.29, 1.82) is 0 Å². The molecule has 0 aliphatic carbocycles. The summed E-state index contributed by atoms with van der Waals surface area (Å²) in [6, 6.07) is 18.3. The number of hydrogen-bond acceptors (Lipinski definition) is 3. The summed E-state index contributed by atoms with van der Waals surface area (Å²) in [5, 5.41) is 15.3. The SMILES string of the molecule is COc1ccc([C@H](NC(C)=O)c2c(O)ccc3ccccc23)cc1. The highest BCUT2D eigenvalue weighted by atomic mass is 16.5. The fourth-order valence-corrected chi connectivity index (χ4v) is 2.91. The molecule has 2 N–H and O–H groups in total. The van der Waals surface area contributed by atoms with Gasteiger partial charge in [0.15, 0.2) is 0 Å². The maximum absolute atomic E-state index is 11.8. The van der Waals surface area contributed by atoms with Crippen LogP contribution in [0.3, 0.4) is 0 Å². The Bertz CT molecular complexity index is 872. The van der Waals surface area contributed by atoms with Crippen molar-refractivity contribution >= 4 is 16.7 Å². The quantitative estimate of drug-likeness (QED) is 0.769. The molecule has 0 aromatic heterocycles. The second-order valence-electron chi connectivity index (χ2n) is 5.63. The van der Waals surface area contributed by atoms with Crippen molar-refractivity contribution in [3.05, 3.63) is 71.8 Å². The number of methoxy groups -OCH3 is 1. The van der Waals surface area contributed by atoms with Crippen LogP contribution in [0.1, 0.15) is 24.1 Å². The molecule has 3 aromatic carbocycles. The Hall–Kier alpha value is -3.01. The first-order valence-corrected chi connectivity index (χ1v) is 7.72. The average molecular weight is 321 g/mol. The minimum Gasteiger partial charge on any atom is -0.508 e. The van der Waals surface area contributed by atoms with E-state index in [4.69, 9.17) is 4.74 Å². The largest absolute Gasteiger partial charge is 0.508 e. The standard InChI is InChI=1S/C20H19NO3/c1-13(22)21-20(15-7-10-16(24-2)11-8-15)19-17-6-4-3-5-14(17)9-12-18(19)23/h3-12,20,23H,1-2H3,(H,21,22)/t20-/m0/s1. The van der Waals surface area contributed by atoms with Crippen LogP contribution in [0.2, 0.25) is 0 Å². The van der Waals surface area contributed by atoms with Gasteiger partial charge in [-0.1, -0.05) is 42.5 Å². The molecule has 0 saturated carbocycles. The highest BCUT2D eigenvalue weighted by molar-refractivity contribution is 5.89. The molecule has 0 radical (unpaired) electrons. The van der Waals surface area contributed by atoms with Gasteiger partial charge in [0.25, 0.3) is 0 Å². The van der Waals surface area contributed by atoms with E-state index in [1.807, 2.05) is 54.6 Å². The summed E-state index contributed by atoms with van der Waals surface area (Å²) in [4.78, 5) is 11.8. The van der Waals surface area contributed by atoms with Crippen molar-refractivity contribution in [3.63, 3.8) is 0 Å². The predicted molar refractivity (Wildman–Crippen MR) is 94.3 cm³/mol. The van der Waals surface area contributed by atoms with E-state index in [1.54, 1.807) is 13.2 Å². The van der Waals surface area contributed by atoms with E-state index in [-0.39, 0.29) is 11.7 Å². The number of carbonyl (C=O) groups excluding carboxylic acids is 1. The third kappa shape index (κ3) is 3.04. The summed E-state index contributed by atoms with van der Waals surface area (Å²) in [5.41, 5.74) is 1.56. The number of amides is 1. The van der Waals surface area contributed by atoms with Gasteiger partial charge in [0.2, 0.25) is 5.91 Å². The van der Waals surface area contributed by atoms with Gasteiger partial charge >= 0.3 is 0 Å². The fourth-order valence-electron chi connectivity index (χ4n) is 2.91. The maximum atomic E-state index is 11.8. The topological polar surface area (TPSA) is 58.6 Å². The summed E-state index contributed by atoms with van der Waals surface area (Å²) in [5.74, 6) is 0.730. The van der Waals surface area contributed by atoms with Gasteiger partial charge in [0.1, 0.15) is 11.5 Å². The van der Waals surface area contributed by atoms with Gasteiger partial charge in [0, 0.05) is 12.5 Å². The number of nitrogens with one attached hydrogen (secondary N) is 1. The number of ether oxygens (including phenoxy) is 1. The number of aromatic hydroxyl groups is 1. The molecule has 0 spiro atoms. The first-order chi connectivity index (χ1) is 11.6. The summed E-state index contributed by atoms with van der Waals surface area (Å²) >= 11 is 0. The zero-order valence-corrected chi connectivity index (χ0v) is 13.6. The van der Waals surface area contributed by atoms with Crippen LogP contribution in [0, 0.1) is 0 Å². The number of hydrogen-bond donors (Lipinski definition) is 2. The Kier molecular flexibility index (Phi) is 4.38. The van der Waals surface area contributed by atoms with Gasteiger partial charge in [-0.2, -0.15) is 0 Å². The summed E-state index contributed by atoms with van der Waals surface area (Å²) in [6.45, 7) is 1.47. The molecule has 24 heavy (non-hydrogen) atoms. The van der Waals surface area contributed by atoms with E-state index < -0.39 is 6.04 Å². The normalized spacial score (nSPS) is 11.9. The molecular weight excluding hydrogens is 302 g/mol. The molecule has 4 heteroatoms. The lowest BCUT2D eigenvalue weighted by molar-refractivity contribution is -0.119. The van der Waals surface area contributed by atoms with Crippen LogP contribution >= 0.6 is 0 Å². The van der Waals surface area contributed by atoms with E-state index >= 15 is 0 Å². The minimum absolute atomic E-state index is 0.156. The third-order valence-electron chi connectivity index (χ3n) is 4.03. The fraction of sp³-hybridized carbons (Fsp3) is 0.150. The van der Waals surface area contributed by atoms with Crippen molar-refractivity contribution in [2.45, 2.75) is 13.0 Å². The van der Waals surface area contributed by atoms with Gasteiger partial charge in [0.05, 0.1) is 13.2 Å². The van der Waals surface area contributed by atoms with Crippen molar-refractivity contribution < 1.29 is 14.6 Å². The van der Waals surface area contributed by atoms with Gasteiger partial charge in [-0.05, 0) is 34.5 Å². The van der Waals surface area contributed by atoms with Gasteiger partial charge in [-0.3, -0.25) is 4.79 Å². The molecule has 0 fully saturated rings. The Morgan fingerprint density at radius 2 is 1.75 bits per heavy atom. The monoisotopic (exact) mass is 321 g/mol. The van der Waals surface area contributed by atoms with Crippen molar-refractivity contribution in [1.82, 2.24) is 5.32 Å². The lowest BCUT2D eigenvalue weighted by atomic mass is 9.92. The molecule has 3 aromatic rings. The molecule has 4 nitrogen and oxygen atoms in total. The van der Waals surface area contributed by atoms with Crippen molar-refractivity contribution in [2.24, 2.45) is 0 Å². The third-order valence-corrected chi connectivity index (χ3v) is 4.03. The number of phenols is 1.